The molecule has 0 amide bonds. The number of pyridine rings is 1. The molecule has 7 heteroatoms. The fraction of sp³-hybridized carbons (Fsp3) is 0.348. The van der Waals surface area contributed by atoms with Crippen molar-refractivity contribution >= 4 is 26.7 Å². The van der Waals surface area contributed by atoms with Crippen LogP contribution in [0.5, 0.6) is 11.5 Å². The normalized spacial score (nSPS) is 19.1. The Hall–Kier alpha value is -2.93. The SMILES string of the molecule is CC1CCCCC1Nc1nc2ccc(Oc3ccnc(-c4cnn(C)c4)c3)cc2s1. The summed E-state index contributed by atoms with van der Waals surface area (Å²) in [5.41, 5.74) is 2.81. The Morgan fingerprint density at radius 1 is 1.13 bits per heavy atom. The minimum Gasteiger partial charge on any atom is -0.457 e. The van der Waals surface area contributed by atoms with E-state index in [1.54, 1.807) is 28.4 Å². The molecule has 2 atom stereocenters. The van der Waals surface area contributed by atoms with E-state index in [4.69, 9.17) is 9.72 Å². The summed E-state index contributed by atoms with van der Waals surface area (Å²) in [6.07, 6.45) is 10.7. The van der Waals surface area contributed by atoms with Gasteiger partial charge in [0.05, 0.1) is 22.1 Å². The highest BCUT2D eigenvalue weighted by Crippen LogP contribution is 2.34. The van der Waals surface area contributed by atoms with Crippen LogP contribution in [0, 0.1) is 5.92 Å². The lowest BCUT2D eigenvalue weighted by Crippen LogP contribution is -2.30. The molecule has 1 aliphatic carbocycles. The number of nitrogens with zero attached hydrogens (tertiary/aromatic N) is 4. The van der Waals surface area contributed by atoms with Gasteiger partial charge in [0.25, 0.3) is 0 Å². The molecule has 4 aromatic rings. The van der Waals surface area contributed by atoms with E-state index in [0.717, 1.165) is 38.1 Å². The highest BCUT2D eigenvalue weighted by Gasteiger charge is 2.22. The maximum atomic E-state index is 6.12. The molecule has 0 saturated heterocycles. The van der Waals surface area contributed by atoms with Crippen LogP contribution >= 0.6 is 11.3 Å². The predicted molar refractivity (Wildman–Crippen MR) is 121 cm³/mol. The van der Waals surface area contributed by atoms with E-state index in [2.05, 4.69) is 28.4 Å². The second-order valence-corrected chi connectivity index (χ2v) is 9.07. The van der Waals surface area contributed by atoms with Gasteiger partial charge in [-0.05, 0) is 37.0 Å². The largest absolute Gasteiger partial charge is 0.457 e. The molecule has 1 aliphatic rings. The van der Waals surface area contributed by atoms with Crippen molar-refractivity contribution in [2.75, 3.05) is 5.32 Å². The fourth-order valence-electron chi connectivity index (χ4n) is 4.04. The minimum absolute atomic E-state index is 0.526. The maximum absolute atomic E-state index is 6.12. The molecule has 3 heterocycles. The summed E-state index contributed by atoms with van der Waals surface area (Å²) >= 11 is 1.69. The Morgan fingerprint density at radius 2 is 2.00 bits per heavy atom. The summed E-state index contributed by atoms with van der Waals surface area (Å²) in [7, 11) is 1.90. The Kier molecular flexibility index (Phi) is 5.12. The number of nitrogens with one attached hydrogen (secondary N) is 1. The number of anilines is 1. The monoisotopic (exact) mass is 419 g/mol. The van der Waals surface area contributed by atoms with Crippen LogP contribution in [-0.4, -0.2) is 25.8 Å². The molecule has 1 aromatic carbocycles. The van der Waals surface area contributed by atoms with Crippen LogP contribution in [0.15, 0.2) is 48.9 Å². The van der Waals surface area contributed by atoms with E-state index < -0.39 is 0 Å². The Labute approximate surface area is 179 Å². The zero-order valence-corrected chi connectivity index (χ0v) is 18.0. The number of hydrogen-bond donors (Lipinski definition) is 1. The first-order valence-electron chi connectivity index (χ1n) is 10.4. The lowest BCUT2D eigenvalue weighted by Gasteiger charge is -2.29. The molecule has 0 bridgehead atoms. The van der Waals surface area contributed by atoms with E-state index >= 15 is 0 Å². The molecule has 2 unspecified atom stereocenters. The van der Waals surface area contributed by atoms with Crippen molar-refractivity contribution < 1.29 is 4.74 Å². The highest BCUT2D eigenvalue weighted by molar-refractivity contribution is 7.22. The number of fused-ring (bicyclic) bond motifs is 1. The highest BCUT2D eigenvalue weighted by atomic mass is 32.1. The molecule has 3 aromatic heterocycles. The van der Waals surface area contributed by atoms with E-state index in [9.17, 15) is 0 Å². The van der Waals surface area contributed by atoms with Crippen LogP contribution in [0.1, 0.15) is 32.6 Å². The Balaban J connectivity index is 1.34. The second kappa shape index (κ2) is 8.07. The zero-order valence-electron chi connectivity index (χ0n) is 17.2. The number of hydrogen-bond acceptors (Lipinski definition) is 6. The lowest BCUT2D eigenvalue weighted by molar-refractivity contribution is 0.349. The van der Waals surface area contributed by atoms with Gasteiger partial charge in [0, 0.05) is 43.2 Å². The van der Waals surface area contributed by atoms with Gasteiger partial charge in [0.1, 0.15) is 11.5 Å². The number of ether oxygens (including phenoxy) is 1. The summed E-state index contributed by atoms with van der Waals surface area (Å²) in [6.45, 7) is 2.34. The molecule has 30 heavy (non-hydrogen) atoms. The van der Waals surface area contributed by atoms with Crippen molar-refractivity contribution in [3.8, 4) is 22.8 Å². The van der Waals surface area contributed by atoms with Crippen molar-refractivity contribution in [2.24, 2.45) is 13.0 Å². The third-order valence-corrected chi connectivity index (χ3v) is 6.70. The summed E-state index contributed by atoms with van der Waals surface area (Å²) in [6, 6.07) is 10.4. The van der Waals surface area contributed by atoms with Gasteiger partial charge in [-0.3, -0.25) is 9.67 Å². The van der Waals surface area contributed by atoms with Gasteiger partial charge in [-0.1, -0.05) is 31.1 Å². The van der Waals surface area contributed by atoms with Crippen molar-refractivity contribution in [3.63, 3.8) is 0 Å². The Bertz CT molecular complexity index is 1170. The first kappa shape index (κ1) is 19.1. The number of benzene rings is 1. The third kappa shape index (κ3) is 4.03. The molecule has 1 N–H and O–H groups in total. The average molecular weight is 420 g/mol. The summed E-state index contributed by atoms with van der Waals surface area (Å²) in [5, 5.41) is 8.88. The van der Waals surface area contributed by atoms with Crippen LogP contribution in [0.25, 0.3) is 21.5 Å². The fourth-order valence-corrected chi connectivity index (χ4v) is 5.00. The van der Waals surface area contributed by atoms with Crippen LogP contribution < -0.4 is 10.1 Å². The van der Waals surface area contributed by atoms with Crippen molar-refractivity contribution in [1.82, 2.24) is 19.7 Å². The van der Waals surface area contributed by atoms with E-state index in [-0.39, 0.29) is 0 Å². The quantitative estimate of drug-likeness (QED) is 0.438. The molecular weight excluding hydrogens is 394 g/mol. The van der Waals surface area contributed by atoms with Crippen LogP contribution in [-0.2, 0) is 7.05 Å². The molecular formula is C23H25N5OS. The van der Waals surface area contributed by atoms with Gasteiger partial charge in [-0.25, -0.2) is 4.98 Å². The van der Waals surface area contributed by atoms with E-state index in [1.807, 2.05) is 37.5 Å². The minimum atomic E-state index is 0.526. The van der Waals surface area contributed by atoms with Crippen LogP contribution in [0.3, 0.4) is 0 Å². The zero-order chi connectivity index (χ0) is 20.5. The van der Waals surface area contributed by atoms with Gasteiger partial charge in [0.15, 0.2) is 5.13 Å². The standard InChI is InChI=1S/C23H25N5OS/c1-15-5-3-4-6-19(15)26-23-27-20-8-7-17(12-22(20)30-23)29-18-9-10-24-21(11-18)16-13-25-28(2)14-16/h7-15,19H,3-6H2,1-2H3,(H,26,27). The van der Waals surface area contributed by atoms with Gasteiger partial charge >= 0.3 is 0 Å². The molecule has 1 saturated carbocycles. The van der Waals surface area contributed by atoms with Crippen molar-refractivity contribution in [2.45, 2.75) is 38.6 Å². The van der Waals surface area contributed by atoms with Gasteiger partial charge < -0.3 is 10.1 Å². The lowest BCUT2D eigenvalue weighted by atomic mass is 9.86. The summed E-state index contributed by atoms with van der Waals surface area (Å²) < 4.78 is 9.01. The van der Waals surface area contributed by atoms with Crippen LogP contribution in [0.2, 0.25) is 0 Å². The van der Waals surface area contributed by atoms with Crippen LogP contribution in [0.4, 0.5) is 5.13 Å². The van der Waals surface area contributed by atoms with Crippen molar-refractivity contribution in [3.05, 3.63) is 48.9 Å². The molecule has 0 radical (unpaired) electrons. The predicted octanol–water partition coefficient (Wildman–Crippen LogP) is 5.87. The average Bonchev–Trinajstić information content (AvgIpc) is 3.35. The van der Waals surface area contributed by atoms with E-state index in [0.29, 0.717) is 12.0 Å². The number of aryl methyl sites for hydroxylation is 1. The van der Waals surface area contributed by atoms with Gasteiger partial charge in [-0.15, -0.1) is 0 Å². The first-order valence-corrected chi connectivity index (χ1v) is 11.3. The van der Waals surface area contributed by atoms with E-state index in [1.165, 1.54) is 25.7 Å². The number of thiazole rings is 1. The smallest absolute Gasteiger partial charge is 0.184 e. The maximum Gasteiger partial charge on any atom is 0.184 e. The summed E-state index contributed by atoms with van der Waals surface area (Å²) in [4.78, 5) is 9.21. The van der Waals surface area contributed by atoms with Gasteiger partial charge in [-0.2, -0.15) is 5.10 Å². The number of rotatable bonds is 5. The van der Waals surface area contributed by atoms with Gasteiger partial charge in [0.2, 0.25) is 0 Å². The molecule has 0 aliphatic heterocycles. The molecule has 5 rings (SSSR count). The number of aromatic nitrogens is 4. The topological polar surface area (TPSA) is 64.9 Å². The molecule has 154 valence electrons. The Morgan fingerprint density at radius 3 is 2.83 bits per heavy atom. The second-order valence-electron chi connectivity index (χ2n) is 8.04. The molecule has 0 spiro atoms. The molecule has 1 fully saturated rings. The molecule has 6 nitrogen and oxygen atoms in total. The summed E-state index contributed by atoms with van der Waals surface area (Å²) in [5.74, 6) is 2.25. The van der Waals surface area contributed by atoms with Crippen molar-refractivity contribution in [1.29, 1.82) is 0 Å². The third-order valence-electron chi connectivity index (χ3n) is 5.75. The first-order chi connectivity index (χ1) is 14.6.